The maximum atomic E-state index is 12.6. The Kier molecular flexibility index (Phi) is 5.69. The summed E-state index contributed by atoms with van der Waals surface area (Å²) in [6, 6.07) is 8.98. The minimum Gasteiger partial charge on any atom is -0.470 e. The van der Waals surface area contributed by atoms with Crippen molar-refractivity contribution in [2.75, 3.05) is 26.3 Å². The zero-order chi connectivity index (χ0) is 18.5. The highest BCUT2D eigenvalue weighted by Crippen LogP contribution is 2.18. The average Bonchev–Trinajstić information content (AvgIpc) is 3.37. The first-order valence-corrected chi connectivity index (χ1v) is 9.55. The fraction of sp³-hybridized carbons (Fsp3) is 0.500. The van der Waals surface area contributed by atoms with Crippen LogP contribution in [-0.2, 0) is 11.3 Å². The standard InChI is InChI=1S/C20H25N3O4/c24-20(17-7-6-15(26-17)13-23-10-3-4-11-23)22-16-8-12-25-14-18(16)27-19-5-1-2-9-21-19/h1-2,5-7,9,16,18H,3-4,8,10-14H2,(H,22,24)/t16-,18-/m1/s1. The first-order valence-electron chi connectivity index (χ1n) is 9.55. The van der Waals surface area contributed by atoms with Crippen LogP contribution in [0.15, 0.2) is 40.9 Å². The molecule has 144 valence electrons. The molecule has 0 aliphatic carbocycles. The fourth-order valence-corrected chi connectivity index (χ4v) is 3.55. The molecule has 0 saturated carbocycles. The molecule has 2 aliphatic rings. The quantitative estimate of drug-likeness (QED) is 0.839. The molecule has 2 aliphatic heterocycles. The predicted octanol–water partition coefficient (Wildman–Crippen LogP) is 2.24. The molecule has 7 nitrogen and oxygen atoms in total. The van der Waals surface area contributed by atoms with Crippen molar-refractivity contribution in [2.45, 2.75) is 38.0 Å². The third-order valence-corrected chi connectivity index (χ3v) is 4.99. The molecule has 2 saturated heterocycles. The predicted molar refractivity (Wildman–Crippen MR) is 98.6 cm³/mol. The van der Waals surface area contributed by atoms with Crippen molar-refractivity contribution in [1.82, 2.24) is 15.2 Å². The van der Waals surface area contributed by atoms with Gasteiger partial charge >= 0.3 is 0 Å². The van der Waals surface area contributed by atoms with Crippen molar-refractivity contribution >= 4 is 5.91 Å². The summed E-state index contributed by atoms with van der Waals surface area (Å²) in [5.41, 5.74) is 0. The largest absolute Gasteiger partial charge is 0.470 e. The third-order valence-electron chi connectivity index (χ3n) is 4.99. The lowest BCUT2D eigenvalue weighted by molar-refractivity contribution is -0.0155. The number of nitrogens with one attached hydrogen (secondary N) is 1. The summed E-state index contributed by atoms with van der Waals surface area (Å²) in [4.78, 5) is 19.2. The van der Waals surface area contributed by atoms with Crippen LogP contribution >= 0.6 is 0 Å². The van der Waals surface area contributed by atoms with E-state index in [0.29, 0.717) is 31.3 Å². The van der Waals surface area contributed by atoms with Crippen LogP contribution < -0.4 is 10.1 Å². The smallest absolute Gasteiger partial charge is 0.287 e. The van der Waals surface area contributed by atoms with E-state index in [1.54, 1.807) is 18.3 Å². The third kappa shape index (κ3) is 4.67. The van der Waals surface area contributed by atoms with E-state index in [0.717, 1.165) is 25.4 Å². The summed E-state index contributed by atoms with van der Waals surface area (Å²) in [7, 11) is 0. The minimum atomic E-state index is -0.281. The molecule has 0 bridgehead atoms. The van der Waals surface area contributed by atoms with Crippen LogP contribution in [-0.4, -0.2) is 54.2 Å². The van der Waals surface area contributed by atoms with E-state index in [1.165, 1.54) is 12.8 Å². The Morgan fingerprint density at radius 2 is 2.15 bits per heavy atom. The van der Waals surface area contributed by atoms with Crippen molar-refractivity contribution in [3.63, 3.8) is 0 Å². The van der Waals surface area contributed by atoms with E-state index in [9.17, 15) is 4.79 Å². The van der Waals surface area contributed by atoms with Gasteiger partial charge < -0.3 is 19.2 Å². The maximum Gasteiger partial charge on any atom is 0.287 e. The summed E-state index contributed by atoms with van der Waals surface area (Å²) in [6.45, 7) is 3.95. The molecule has 4 rings (SSSR count). The first-order chi connectivity index (χ1) is 13.3. The van der Waals surface area contributed by atoms with E-state index in [1.807, 2.05) is 18.2 Å². The molecule has 1 N–H and O–H groups in total. The molecule has 2 atom stereocenters. The Morgan fingerprint density at radius 1 is 1.26 bits per heavy atom. The SMILES string of the molecule is O=C(N[C@@H]1CCOC[C@H]1Oc1ccccn1)c1ccc(CN2CCCC2)o1. The van der Waals surface area contributed by atoms with Crippen molar-refractivity contribution < 1.29 is 18.7 Å². The van der Waals surface area contributed by atoms with Gasteiger partial charge in [0.1, 0.15) is 11.9 Å². The highest BCUT2D eigenvalue weighted by Gasteiger charge is 2.30. The van der Waals surface area contributed by atoms with E-state index in [4.69, 9.17) is 13.9 Å². The maximum absolute atomic E-state index is 12.6. The molecule has 1 amide bonds. The van der Waals surface area contributed by atoms with Gasteiger partial charge in [0.25, 0.3) is 5.91 Å². The number of pyridine rings is 1. The Hall–Kier alpha value is -2.38. The summed E-state index contributed by atoms with van der Waals surface area (Å²) in [5.74, 6) is 1.48. The van der Waals surface area contributed by atoms with Crippen molar-refractivity contribution in [3.8, 4) is 5.88 Å². The van der Waals surface area contributed by atoms with Crippen LogP contribution in [0.1, 0.15) is 35.6 Å². The van der Waals surface area contributed by atoms with Gasteiger partial charge in [0, 0.05) is 18.9 Å². The summed E-state index contributed by atoms with van der Waals surface area (Å²) >= 11 is 0. The molecule has 4 heterocycles. The molecule has 0 aromatic carbocycles. The Labute approximate surface area is 158 Å². The van der Waals surface area contributed by atoms with E-state index >= 15 is 0 Å². The molecule has 2 fully saturated rings. The van der Waals surface area contributed by atoms with Crippen LogP contribution in [0.2, 0.25) is 0 Å². The number of rotatable bonds is 6. The summed E-state index contributed by atoms with van der Waals surface area (Å²) < 4.78 is 17.2. The second-order valence-corrected chi connectivity index (χ2v) is 7.02. The van der Waals surface area contributed by atoms with Gasteiger partial charge in [-0.15, -0.1) is 0 Å². The Balaban J connectivity index is 1.36. The fourth-order valence-electron chi connectivity index (χ4n) is 3.55. The molecule has 7 heteroatoms. The lowest BCUT2D eigenvalue weighted by Gasteiger charge is -2.31. The molecule has 2 aromatic rings. The lowest BCUT2D eigenvalue weighted by Crippen LogP contribution is -2.51. The van der Waals surface area contributed by atoms with E-state index < -0.39 is 0 Å². The molecule has 0 unspecified atom stereocenters. The zero-order valence-electron chi connectivity index (χ0n) is 15.3. The number of nitrogens with zero attached hydrogens (tertiary/aromatic N) is 2. The number of carbonyl (C=O) groups excluding carboxylic acids is 1. The number of furan rings is 1. The van der Waals surface area contributed by atoms with Crippen molar-refractivity contribution in [1.29, 1.82) is 0 Å². The number of amides is 1. The summed E-state index contributed by atoms with van der Waals surface area (Å²) in [5, 5.41) is 3.03. The number of hydrogen-bond donors (Lipinski definition) is 1. The number of carbonyl (C=O) groups is 1. The van der Waals surface area contributed by atoms with E-state index in [-0.39, 0.29) is 18.1 Å². The average molecular weight is 371 g/mol. The van der Waals surface area contributed by atoms with Gasteiger partial charge in [-0.2, -0.15) is 0 Å². The van der Waals surface area contributed by atoms with Crippen molar-refractivity contribution in [3.05, 3.63) is 48.0 Å². The normalized spacial score (nSPS) is 23.3. The highest BCUT2D eigenvalue weighted by molar-refractivity contribution is 5.91. The molecule has 27 heavy (non-hydrogen) atoms. The minimum absolute atomic E-state index is 0.152. The van der Waals surface area contributed by atoms with Gasteiger partial charge in [0.05, 0.1) is 19.2 Å². The number of likely N-dealkylation sites (tertiary alicyclic amines) is 1. The van der Waals surface area contributed by atoms with Crippen LogP contribution in [0.5, 0.6) is 5.88 Å². The van der Waals surface area contributed by atoms with Crippen LogP contribution in [0.25, 0.3) is 0 Å². The number of ether oxygens (including phenoxy) is 2. The number of hydrogen-bond acceptors (Lipinski definition) is 6. The molecular formula is C20H25N3O4. The molecular weight excluding hydrogens is 346 g/mol. The molecule has 2 aromatic heterocycles. The summed E-state index contributed by atoms with van der Waals surface area (Å²) in [6.07, 6.45) is 4.55. The van der Waals surface area contributed by atoms with Gasteiger partial charge in [-0.3, -0.25) is 9.69 Å². The van der Waals surface area contributed by atoms with Crippen LogP contribution in [0.3, 0.4) is 0 Å². The zero-order valence-corrected chi connectivity index (χ0v) is 15.3. The van der Waals surface area contributed by atoms with Crippen LogP contribution in [0, 0.1) is 0 Å². The lowest BCUT2D eigenvalue weighted by atomic mass is 10.1. The van der Waals surface area contributed by atoms with E-state index in [2.05, 4.69) is 15.2 Å². The topological polar surface area (TPSA) is 76.8 Å². The molecule has 0 spiro atoms. The number of aromatic nitrogens is 1. The Morgan fingerprint density at radius 3 is 2.96 bits per heavy atom. The Bertz CT molecular complexity index is 743. The monoisotopic (exact) mass is 371 g/mol. The van der Waals surface area contributed by atoms with Crippen molar-refractivity contribution in [2.24, 2.45) is 0 Å². The van der Waals surface area contributed by atoms with Gasteiger partial charge in [-0.05, 0) is 50.6 Å². The van der Waals surface area contributed by atoms with Gasteiger partial charge in [0.2, 0.25) is 5.88 Å². The van der Waals surface area contributed by atoms with Gasteiger partial charge in [-0.25, -0.2) is 4.98 Å². The van der Waals surface area contributed by atoms with Gasteiger partial charge in [-0.1, -0.05) is 6.07 Å². The molecule has 0 radical (unpaired) electrons. The van der Waals surface area contributed by atoms with Gasteiger partial charge in [0.15, 0.2) is 5.76 Å². The second kappa shape index (κ2) is 8.54. The highest BCUT2D eigenvalue weighted by atomic mass is 16.5. The van der Waals surface area contributed by atoms with Crippen LogP contribution in [0.4, 0.5) is 0 Å². The second-order valence-electron chi connectivity index (χ2n) is 7.02. The first kappa shape index (κ1) is 18.0.